The molecule has 0 saturated carbocycles. The molecule has 0 radical (unpaired) electrons. The third-order valence-corrected chi connectivity index (χ3v) is 6.07. The molecule has 1 unspecified atom stereocenters. The molecule has 23 heavy (non-hydrogen) atoms. The van der Waals surface area contributed by atoms with Gasteiger partial charge in [0.25, 0.3) is 0 Å². The Hall–Kier alpha value is -1.63. The van der Waals surface area contributed by atoms with Crippen LogP contribution in [0.2, 0.25) is 5.02 Å². The van der Waals surface area contributed by atoms with Crippen molar-refractivity contribution in [3.63, 3.8) is 0 Å². The van der Waals surface area contributed by atoms with E-state index in [9.17, 15) is 8.42 Å². The first-order chi connectivity index (χ1) is 11.0. The number of sulfonamides is 1. The summed E-state index contributed by atoms with van der Waals surface area (Å²) in [4.78, 5) is 4.01. The molecular weight excluding hydrogens is 336 g/mol. The molecule has 1 atom stereocenters. The summed E-state index contributed by atoms with van der Waals surface area (Å²) in [6.07, 6.45) is 4.31. The molecule has 1 aromatic heterocycles. The van der Waals surface area contributed by atoms with Crippen molar-refractivity contribution in [3.8, 4) is 5.75 Å². The fourth-order valence-electron chi connectivity index (χ4n) is 2.95. The van der Waals surface area contributed by atoms with Crippen molar-refractivity contribution in [3.05, 3.63) is 53.3 Å². The largest absolute Gasteiger partial charge is 0.496 e. The molecule has 0 amide bonds. The fourth-order valence-corrected chi connectivity index (χ4v) is 4.85. The Kier molecular flexibility index (Phi) is 4.57. The normalized spacial score (nSPS) is 19.0. The maximum Gasteiger partial charge on any atom is 0.245 e. The van der Waals surface area contributed by atoms with Gasteiger partial charge < -0.3 is 4.74 Å². The van der Waals surface area contributed by atoms with Gasteiger partial charge in [0.15, 0.2) is 0 Å². The van der Waals surface area contributed by atoms with Gasteiger partial charge in [0, 0.05) is 24.5 Å². The predicted molar refractivity (Wildman–Crippen MR) is 88.1 cm³/mol. The third kappa shape index (κ3) is 3.06. The zero-order valence-electron chi connectivity index (χ0n) is 12.6. The molecule has 0 N–H and O–H groups in total. The third-order valence-electron chi connectivity index (χ3n) is 3.99. The van der Waals surface area contributed by atoms with Crippen LogP contribution in [-0.2, 0) is 10.0 Å². The molecule has 0 spiro atoms. The number of rotatable bonds is 4. The van der Waals surface area contributed by atoms with Gasteiger partial charge in [-0.15, -0.1) is 0 Å². The van der Waals surface area contributed by atoms with E-state index in [0.717, 1.165) is 18.4 Å². The van der Waals surface area contributed by atoms with Gasteiger partial charge in [-0.1, -0.05) is 29.8 Å². The number of benzene rings is 1. The van der Waals surface area contributed by atoms with E-state index in [1.165, 1.54) is 22.8 Å². The lowest BCUT2D eigenvalue weighted by atomic mass is 10.0. The highest BCUT2D eigenvalue weighted by atomic mass is 35.5. The maximum absolute atomic E-state index is 13.0. The number of pyridine rings is 1. The second-order valence-electron chi connectivity index (χ2n) is 5.35. The molecule has 2 aromatic rings. The van der Waals surface area contributed by atoms with E-state index in [-0.39, 0.29) is 10.9 Å². The first kappa shape index (κ1) is 16.2. The molecular formula is C16H17ClN2O3S. The molecule has 1 aromatic carbocycles. The smallest absolute Gasteiger partial charge is 0.245 e. The monoisotopic (exact) mass is 352 g/mol. The Bertz CT molecular complexity index is 810. The SMILES string of the molecule is COc1ccccc1C1CCCN1S(=O)(=O)c1cncc(Cl)c1. The average Bonchev–Trinajstić information content (AvgIpc) is 3.05. The molecule has 7 heteroatoms. The maximum atomic E-state index is 13.0. The van der Waals surface area contributed by atoms with Crippen LogP contribution in [0.1, 0.15) is 24.4 Å². The average molecular weight is 353 g/mol. The molecule has 1 aliphatic heterocycles. The highest BCUT2D eigenvalue weighted by Crippen LogP contribution is 2.40. The van der Waals surface area contributed by atoms with Crippen LogP contribution in [0, 0.1) is 0 Å². The number of hydrogen-bond donors (Lipinski definition) is 0. The second kappa shape index (κ2) is 6.47. The predicted octanol–water partition coefficient (Wildman–Crippen LogP) is 3.27. The Morgan fingerprint density at radius 2 is 2.09 bits per heavy atom. The van der Waals surface area contributed by atoms with E-state index in [0.29, 0.717) is 17.3 Å². The Balaban J connectivity index is 2.01. The first-order valence-corrected chi connectivity index (χ1v) is 9.11. The van der Waals surface area contributed by atoms with E-state index >= 15 is 0 Å². The van der Waals surface area contributed by atoms with Crippen molar-refractivity contribution in [2.75, 3.05) is 13.7 Å². The van der Waals surface area contributed by atoms with Crippen molar-refractivity contribution < 1.29 is 13.2 Å². The summed E-state index contributed by atoms with van der Waals surface area (Å²) in [5.74, 6) is 0.698. The molecule has 1 aliphatic rings. The molecule has 1 saturated heterocycles. The molecule has 2 heterocycles. The van der Waals surface area contributed by atoms with Crippen LogP contribution in [-0.4, -0.2) is 31.4 Å². The lowest BCUT2D eigenvalue weighted by Crippen LogP contribution is -2.31. The zero-order valence-corrected chi connectivity index (χ0v) is 14.2. The van der Waals surface area contributed by atoms with Gasteiger partial charge in [-0.2, -0.15) is 4.31 Å². The minimum atomic E-state index is -3.65. The summed E-state index contributed by atoms with van der Waals surface area (Å²) < 4.78 is 32.8. The number of methoxy groups -OCH3 is 1. The molecule has 3 rings (SSSR count). The van der Waals surface area contributed by atoms with Crippen LogP contribution in [0.5, 0.6) is 5.75 Å². The standard InChI is InChI=1S/C16H17ClN2O3S/c1-22-16-7-3-2-5-14(16)15-6-4-8-19(15)23(20,21)13-9-12(17)10-18-11-13/h2-3,5,7,9-11,15H,4,6,8H2,1H3. The minimum absolute atomic E-state index is 0.117. The summed E-state index contributed by atoms with van der Waals surface area (Å²) in [6.45, 7) is 0.470. The molecule has 1 fully saturated rings. The minimum Gasteiger partial charge on any atom is -0.496 e. The Morgan fingerprint density at radius 3 is 2.83 bits per heavy atom. The van der Waals surface area contributed by atoms with E-state index < -0.39 is 10.0 Å². The van der Waals surface area contributed by atoms with Crippen molar-refractivity contribution >= 4 is 21.6 Å². The van der Waals surface area contributed by atoms with Crippen LogP contribution in [0.25, 0.3) is 0 Å². The lowest BCUT2D eigenvalue weighted by Gasteiger charge is -2.25. The van der Waals surface area contributed by atoms with Crippen molar-refractivity contribution in [1.29, 1.82) is 0 Å². The van der Waals surface area contributed by atoms with Crippen LogP contribution in [0.3, 0.4) is 0 Å². The quantitative estimate of drug-likeness (QED) is 0.847. The summed E-state index contributed by atoms with van der Waals surface area (Å²) >= 11 is 5.89. The highest BCUT2D eigenvalue weighted by Gasteiger charge is 2.37. The summed E-state index contributed by atoms with van der Waals surface area (Å²) in [5.41, 5.74) is 0.881. The van der Waals surface area contributed by atoms with Crippen molar-refractivity contribution in [2.45, 2.75) is 23.8 Å². The molecule has 0 bridgehead atoms. The molecule has 0 aliphatic carbocycles. The Labute approximate surface area is 140 Å². The fraction of sp³-hybridized carbons (Fsp3) is 0.312. The van der Waals surface area contributed by atoms with E-state index in [2.05, 4.69) is 4.98 Å². The number of para-hydroxylation sites is 1. The van der Waals surface area contributed by atoms with E-state index in [4.69, 9.17) is 16.3 Å². The van der Waals surface area contributed by atoms with Gasteiger partial charge in [0.2, 0.25) is 10.0 Å². The number of hydrogen-bond acceptors (Lipinski definition) is 4. The number of nitrogens with zero attached hydrogens (tertiary/aromatic N) is 2. The molecule has 122 valence electrons. The van der Waals surface area contributed by atoms with Crippen LogP contribution in [0.15, 0.2) is 47.6 Å². The lowest BCUT2D eigenvalue weighted by molar-refractivity contribution is 0.366. The number of aromatic nitrogens is 1. The van der Waals surface area contributed by atoms with Gasteiger partial charge >= 0.3 is 0 Å². The Morgan fingerprint density at radius 1 is 1.30 bits per heavy atom. The van der Waals surface area contributed by atoms with Crippen LogP contribution in [0.4, 0.5) is 0 Å². The van der Waals surface area contributed by atoms with Gasteiger partial charge in [0.1, 0.15) is 10.6 Å². The van der Waals surface area contributed by atoms with Crippen LogP contribution >= 0.6 is 11.6 Å². The van der Waals surface area contributed by atoms with Gasteiger partial charge in [-0.25, -0.2) is 8.42 Å². The van der Waals surface area contributed by atoms with Gasteiger partial charge in [-0.05, 0) is 25.0 Å². The zero-order chi connectivity index (χ0) is 16.4. The van der Waals surface area contributed by atoms with Crippen LogP contribution < -0.4 is 4.74 Å². The van der Waals surface area contributed by atoms with E-state index in [1.54, 1.807) is 7.11 Å². The van der Waals surface area contributed by atoms with Crippen molar-refractivity contribution in [1.82, 2.24) is 9.29 Å². The topological polar surface area (TPSA) is 59.5 Å². The highest BCUT2D eigenvalue weighted by molar-refractivity contribution is 7.89. The van der Waals surface area contributed by atoms with Gasteiger partial charge in [-0.3, -0.25) is 4.98 Å². The molecule has 5 nitrogen and oxygen atoms in total. The van der Waals surface area contributed by atoms with Gasteiger partial charge in [0.05, 0.1) is 18.2 Å². The number of halogens is 1. The summed E-state index contributed by atoms with van der Waals surface area (Å²) in [7, 11) is -2.06. The number of ether oxygens (including phenoxy) is 1. The van der Waals surface area contributed by atoms with E-state index in [1.807, 2.05) is 24.3 Å². The summed E-state index contributed by atoms with van der Waals surface area (Å²) in [5, 5.41) is 0.305. The first-order valence-electron chi connectivity index (χ1n) is 7.29. The van der Waals surface area contributed by atoms with Crippen molar-refractivity contribution in [2.24, 2.45) is 0 Å². The second-order valence-corrected chi connectivity index (χ2v) is 7.68. The summed E-state index contributed by atoms with van der Waals surface area (Å²) in [6, 6.07) is 8.71.